The van der Waals surface area contributed by atoms with Gasteiger partial charge < -0.3 is 5.73 Å². The Bertz CT molecular complexity index is 852. The summed E-state index contributed by atoms with van der Waals surface area (Å²) in [6, 6.07) is 2.31. The molecule has 5 nitrogen and oxygen atoms in total. The first-order valence-electron chi connectivity index (χ1n) is 7.70. The van der Waals surface area contributed by atoms with Crippen LogP contribution in [0.1, 0.15) is 29.8 Å². The van der Waals surface area contributed by atoms with Crippen LogP contribution < -0.4 is 10.6 Å². The Morgan fingerprint density at radius 1 is 1.19 bits per heavy atom. The first kappa shape index (κ1) is 18.4. The Hall–Kier alpha value is -2.42. The van der Waals surface area contributed by atoms with Crippen LogP contribution in [-0.4, -0.2) is 16.0 Å². The van der Waals surface area contributed by atoms with Crippen molar-refractivity contribution in [2.24, 2.45) is 5.73 Å². The zero-order valence-electron chi connectivity index (χ0n) is 13.3. The van der Waals surface area contributed by atoms with Gasteiger partial charge in [0.1, 0.15) is 11.5 Å². The van der Waals surface area contributed by atoms with E-state index in [2.05, 4.69) is 9.97 Å². The lowest BCUT2D eigenvalue weighted by Crippen LogP contribution is -2.35. The SMILES string of the molecule is NC(=O)N(c1nc2c(c(C(F)(F)F)n1)CCCC2)c1c(F)cccc1Cl. The van der Waals surface area contributed by atoms with E-state index in [0.29, 0.717) is 24.2 Å². The first-order chi connectivity index (χ1) is 12.2. The molecule has 1 aliphatic carbocycles. The molecule has 2 N–H and O–H groups in total. The van der Waals surface area contributed by atoms with Gasteiger partial charge in [0.25, 0.3) is 0 Å². The van der Waals surface area contributed by atoms with E-state index >= 15 is 0 Å². The highest BCUT2D eigenvalue weighted by atomic mass is 35.5. The van der Waals surface area contributed by atoms with Crippen LogP contribution in [-0.2, 0) is 19.0 Å². The molecule has 1 heterocycles. The number of carbonyl (C=O) groups is 1. The highest BCUT2D eigenvalue weighted by molar-refractivity contribution is 6.34. The number of hydrogen-bond acceptors (Lipinski definition) is 3. The van der Waals surface area contributed by atoms with Crippen LogP contribution in [0.2, 0.25) is 5.02 Å². The molecule has 10 heteroatoms. The van der Waals surface area contributed by atoms with Crippen molar-refractivity contribution in [3.05, 3.63) is 46.0 Å². The average Bonchev–Trinajstić information content (AvgIpc) is 2.56. The Labute approximate surface area is 150 Å². The molecule has 1 aliphatic rings. The highest BCUT2D eigenvalue weighted by Crippen LogP contribution is 2.38. The van der Waals surface area contributed by atoms with Gasteiger partial charge in [0.05, 0.1) is 5.02 Å². The molecule has 2 aromatic rings. The van der Waals surface area contributed by atoms with E-state index in [1.54, 1.807) is 0 Å². The molecule has 0 fully saturated rings. The quantitative estimate of drug-likeness (QED) is 0.776. The maximum Gasteiger partial charge on any atom is 0.433 e. The van der Waals surface area contributed by atoms with Crippen molar-refractivity contribution in [1.82, 2.24) is 9.97 Å². The molecule has 3 rings (SSSR count). The zero-order chi connectivity index (χ0) is 19.1. The van der Waals surface area contributed by atoms with E-state index < -0.39 is 35.4 Å². The summed E-state index contributed by atoms with van der Waals surface area (Å²) in [6.45, 7) is 0. The number of carbonyl (C=O) groups excluding carboxylic acids is 1. The standard InChI is InChI=1S/C16H13ClF4N4O/c17-9-5-3-6-10(18)12(9)25(14(22)26)15-23-11-7-2-1-4-8(11)13(24-15)16(19,20)21/h3,5-6H,1-2,4,7H2,(H2,22,26). The Morgan fingerprint density at radius 3 is 2.50 bits per heavy atom. The topological polar surface area (TPSA) is 72.1 Å². The molecule has 0 unspecified atom stereocenters. The van der Waals surface area contributed by atoms with Gasteiger partial charge in [0.15, 0.2) is 5.69 Å². The van der Waals surface area contributed by atoms with Crippen molar-refractivity contribution < 1.29 is 22.4 Å². The van der Waals surface area contributed by atoms with Crippen molar-refractivity contribution in [2.45, 2.75) is 31.9 Å². The van der Waals surface area contributed by atoms with Gasteiger partial charge in [-0.1, -0.05) is 17.7 Å². The molecule has 0 radical (unpaired) electrons. The zero-order valence-corrected chi connectivity index (χ0v) is 14.0. The first-order valence-corrected chi connectivity index (χ1v) is 8.08. The number of fused-ring (bicyclic) bond motifs is 1. The molecule has 0 bridgehead atoms. The third-order valence-corrected chi connectivity index (χ3v) is 4.33. The number of nitrogens with zero attached hydrogens (tertiary/aromatic N) is 3. The molecule has 138 valence electrons. The summed E-state index contributed by atoms with van der Waals surface area (Å²) < 4.78 is 54.6. The van der Waals surface area contributed by atoms with Crippen LogP contribution in [0.25, 0.3) is 0 Å². The smallest absolute Gasteiger partial charge is 0.351 e. The largest absolute Gasteiger partial charge is 0.433 e. The summed E-state index contributed by atoms with van der Waals surface area (Å²) >= 11 is 5.92. The molecule has 0 saturated heterocycles. The summed E-state index contributed by atoms with van der Waals surface area (Å²) in [5, 5.41) is -0.210. The predicted octanol–water partition coefficient (Wildman–Crippen LogP) is 4.38. The number of halogens is 5. The van der Waals surface area contributed by atoms with Crippen molar-refractivity contribution in [1.29, 1.82) is 0 Å². The number of para-hydroxylation sites is 1. The fraction of sp³-hybridized carbons (Fsp3) is 0.312. The number of primary amides is 1. The summed E-state index contributed by atoms with van der Waals surface area (Å²) in [6.07, 6.45) is -3.04. The predicted molar refractivity (Wildman–Crippen MR) is 86.8 cm³/mol. The van der Waals surface area contributed by atoms with Crippen molar-refractivity contribution in [2.75, 3.05) is 4.90 Å². The molecular formula is C16H13ClF4N4O. The molecule has 0 spiro atoms. The van der Waals surface area contributed by atoms with Crippen molar-refractivity contribution >= 4 is 29.3 Å². The summed E-state index contributed by atoms with van der Waals surface area (Å²) in [5.74, 6) is -1.59. The van der Waals surface area contributed by atoms with Crippen LogP contribution in [0.4, 0.5) is 34.0 Å². The van der Waals surface area contributed by atoms with Gasteiger partial charge in [0.2, 0.25) is 5.95 Å². The number of benzene rings is 1. The number of anilines is 2. The van der Waals surface area contributed by atoms with Gasteiger partial charge in [-0.25, -0.2) is 24.1 Å². The lowest BCUT2D eigenvalue weighted by molar-refractivity contribution is -0.142. The number of hydrogen-bond donors (Lipinski definition) is 1. The van der Waals surface area contributed by atoms with Gasteiger partial charge in [-0.2, -0.15) is 13.2 Å². The molecule has 0 aliphatic heterocycles. The Morgan fingerprint density at radius 2 is 1.88 bits per heavy atom. The normalized spacial score (nSPS) is 14.0. The molecule has 1 aromatic carbocycles. The Balaban J connectivity index is 2.25. The maximum atomic E-state index is 14.2. The molecule has 0 saturated carbocycles. The van der Waals surface area contributed by atoms with Crippen molar-refractivity contribution in [3.8, 4) is 0 Å². The van der Waals surface area contributed by atoms with E-state index in [9.17, 15) is 22.4 Å². The minimum Gasteiger partial charge on any atom is -0.351 e. The number of rotatable bonds is 2. The van der Waals surface area contributed by atoms with E-state index in [-0.39, 0.29) is 22.7 Å². The van der Waals surface area contributed by atoms with Gasteiger partial charge in [0, 0.05) is 11.3 Å². The summed E-state index contributed by atoms with van der Waals surface area (Å²) in [7, 11) is 0. The van der Waals surface area contributed by atoms with E-state index in [4.69, 9.17) is 17.3 Å². The fourth-order valence-corrected chi connectivity index (χ4v) is 3.17. The average molecular weight is 389 g/mol. The fourth-order valence-electron chi connectivity index (χ4n) is 2.93. The number of aryl methyl sites for hydroxylation is 1. The number of aromatic nitrogens is 2. The van der Waals surface area contributed by atoms with E-state index in [1.165, 1.54) is 12.1 Å². The number of urea groups is 1. The van der Waals surface area contributed by atoms with Crippen LogP contribution >= 0.6 is 11.6 Å². The van der Waals surface area contributed by atoms with Gasteiger partial charge in [-0.05, 0) is 37.8 Å². The van der Waals surface area contributed by atoms with Gasteiger partial charge >= 0.3 is 12.2 Å². The molecular weight excluding hydrogens is 376 g/mol. The second-order valence-electron chi connectivity index (χ2n) is 5.75. The third kappa shape index (κ3) is 3.31. The van der Waals surface area contributed by atoms with Crippen LogP contribution in [0, 0.1) is 5.82 Å². The van der Waals surface area contributed by atoms with Crippen LogP contribution in [0.15, 0.2) is 18.2 Å². The van der Waals surface area contributed by atoms with Crippen LogP contribution in [0.5, 0.6) is 0 Å². The highest BCUT2D eigenvalue weighted by Gasteiger charge is 2.39. The second kappa shape index (κ2) is 6.71. The monoisotopic (exact) mass is 388 g/mol. The summed E-state index contributed by atoms with van der Waals surface area (Å²) in [5.41, 5.74) is 3.81. The third-order valence-electron chi connectivity index (χ3n) is 4.02. The van der Waals surface area contributed by atoms with Crippen LogP contribution in [0.3, 0.4) is 0 Å². The van der Waals surface area contributed by atoms with Crippen molar-refractivity contribution in [3.63, 3.8) is 0 Å². The number of alkyl halides is 3. The minimum atomic E-state index is -4.75. The molecule has 0 atom stereocenters. The van der Waals surface area contributed by atoms with Gasteiger partial charge in [-0.15, -0.1) is 0 Å². The molecule has 2 amide bonds. The van der Waals surface area contributed by atoms with Gasteiger partial charge in [-0.3, -0.25) is 0 Å². The lowest BCUT2D eigenvalue weighted by atomic mass is 9.94. The number of amides is 2. The van der Waals surface area contributed by atoms with E-state index in [0.717, 1.165) is 6.07 Å². The van der Waals surface area contributed by atoms with E-state index in [1.807, 2.05) is 0 Å². The second-order valence-corrected chi connectivity index (χ2v) is 6.15. The summed E-state index contributed by atoms with van der Waals surface area (Å²) in [4.78, 5) is 19.9. The molecule has 1 aromatic heterocycles. The molecule has 26 heavy (non-hydrogen) atoms. The minimum absolute atomic E-state index is 0.00319. The Kier molecular flexibility index (Phi) is 4.74. The lowest BCUT2D eigenvalue weighted by Gasteiger charge is -2.25. The number of nitrogens with two attached hydrogens (primary N) is 1. The maximum absolute atomic E-state index is 14.2.